The highest BCUT2D eigenvalue weighted by Gasteiger charge is 2.24. The van der Waals surface area contributed by atoms with Gasteiger partial charge in [-0.15, -0.1) is 0 Å². The van der Waals surface area contributed by atoms with Crippen LogP contribution in [-0.2, 0) is 16.6 Å². The Labute approximate surface area is 179 Å². The van der Waals surface area contributed by atoms with Crippen molar-refractivity contribution >= 4 is 29.5 Å². The fourth-order valence-corrected chi connectivity index (χ4v) is 3.69. The van der Waals surface area contributed by atoms with Crippen molar-refractivity contribution < 1.29 is 14.3 Å². The Morgan fingerprint density at radius 3 is 2.67 bits per heavy atom. The van der Waals surface area contributed by atoms with Crippen molar-refractivity contribution in [1.29, 1.82) is 0 Å². The summed E-state index contributed by atoms with van der Waals surface area (Å²) in [6, 6.07) is 11.6. The van der Waals surface area contributed by atoms with Crippen molar-refractivity contribution in [1.82, 2.24) is 19.7 Å². The van der Waals surface area contributed by atoms with Crippen LogP contribution in [0.25, 0.3) is 11.3 Å². The molecule has 0 saturated carbocycles. The maximum atomic E-state index is 12.9. The maximum absolute atomic E-state index is 12.9. The summed E-state index contributed by atoms with van der Waals surface area (Å²) < 4.78 is 6.48. The number of nitrogens with zero attached hydrogens (tertiary/aromatic N) is 4. The van der Waals surface area contributed by atoms with E-state index in [1.165, 1.54) is 29.0 Å². The van der Waals surface area contributed by atoms with Crippen LogP contribution >= 0.6 is 11.8 Å². The van der Waals surface area contributed by atoms with Gasteiger partial charge in [-0.05, 0) is 19.4 Å². The Morgan fingerprint density at radius 1 is 1.20 bits per heavy atom. The van der Waals surface area contributed by atoms with Gasteiger partial charge in [-0.1, -0.05) is 49.0 Å². The van der Waals surface area contributed by atoms with Crippen LogP contribution in [0.4, 0.5) is 5.82 Å². The Morgan fingerprint density at radius 2 is 1.97 bits per heavy atom. The molecule has 1 amide bonds. The van der Waals surface area contributed by atoms with Crippen molar-refractivity contribution in [2.45, 2.75) is 30.5 Å². The van der Waals surface area contributed by atoms with E-state index in [-0.39, 0.29) is 18.1 Å². The van der Waals surface area contributed by atoms with Crippen molar-refractivity contribution in [2.75, 3.05) is 11.9 Å². The number of hydrogen-bond acceptors (Lipinski definition) is 7. The average Bonchev–Trinajstić information content (AvgIpc) is 3.13. The van der Waals surface area contributed by atoms with Gasteiger partial charge in [0.1, 0.15) is 22.7 Å². The van der Waals surface area contributed by atoms with Crippen molar-refractivity contribution in [3.63, 3.8) is 0 Å². The number of carbonyl (C=O) groups is 2. The van der Waals surface area contributed by atoms with Gasteiger partial charge >= 0.3 is 5.97 Å². The van der Waals surface area contributed by atoms with Gasteiger partial charge < -0.3 is 10.1 Å². The summed E-state index contributed by atoms with van der Waals surface area (Å²) in [5.74, 6) is -0.452. The maximum Gasteiger partial charge on any atom is 0.343 e. The van der Waals surface area contributed by atoms with Crippen molar-refractivity contribution in [3.05, 3.63) is 54.5 Å². The molecule has 1 N–H and O–H groups in total. The fourth-order valence-electron chi connectivity index (χ4n) is 2.78. The molecule has 0 aliphatic heterocycles. The zero-order chi connectivity index (χ0) is 21.5. The number of carbonyl (C=O) groups excluding carboxylic acids is 2. The lowest BCUT2D eigenvalue weighted by molar-refractivity contribution is -0.115. The molecule has 0 radical (unpaired) electrons. The summed E-state index contributed by atoms with van der Waals surface area (Å²) in [5, 5.41) is 7.16. The summed E-state index contributed by atoms with van der Waals surface area (Å²) in [6.45, 7) is 3.89. The van der Waals surface area contributed by atoms with Crippen LogP contribution in [0.1, 0.15) is 30.6 Å². The van der Waals surface area contributed by atoms with E-state index >= 15 is 0 Å². The van der Waals surface area contributed by atoms with E-state index in [1.807, 2.05) is 43.3 Å². The second kappa shape index (κ2) is 10.0. The molecule has 30 heavy (non-hydrogen) atoms. The first kappa shape index (κ1) is 21.5. The molecule has 0 spiro atoms. The third kappa shape index (κ3) is 5.04. The number of hydrogen-bond donors (Lipinski definition) is 1. The molecule has 0 unspecified atom stereocenters. The van der Waals surface area contributed by atoms with E-state index in [0.717, 1.165) is 11.3 Å². The molecule has 3 rings (SSSR count). The lowest BCUT2D eigenvalue weighted by atomic mass is 10.1. The van der Waals surface area contributed by atoms with Gasteiger partial charge in [0, 0.05) is 12.6 Å². The number of aromatic nitrogens is 4. The molecule has 2 heterocycles. The number of ether oxygens (including phenoxy) is 1. The number of benzene rings is 1. The van der Waals surface area contributed by atoms with Gasteiger partial charge in [0.05, 0.1) is 23.7 Å². The third-order valence-electron chi connectivity index (χ3n) is 4.31. The molecular formula is C21H23N5O3S. The normalized spacial score (nSPS) is 11.7. The van der Waals surface area contributed by atoms with Crippen molar-refractivity contribution in [3.8, 4) is 11.3 Å². The Hall–Kier alpha value is -3.20. The largest absolute Gasteiger partial charge is 0.462 e. The molecule has 9 heteroatoms. The number of thioether (sulfide) groups is 1. The third-order valence-corrected chi connectivity index (χ3v) is 5.61. The summed E-state index contributed by atoms with van der Waals surface area (Å²) >= 11 is 1.35. The smallest absolute Gasteiger partial charge is 0.343 e. The highest BCUT2D eigenvalue weighted by Crippen LogP contribution is 2.28. The molecule has 0 fully saturated rings. The van der Waals surface area contributed by atoms with Crippen molar-refractivity contribution in [2.24, 2.45) is 7.05 Å². The van der Waals surface area contributed by atoms with E-state index in [1.54, 1.807) is 14.0 Å². The number of amides is 1. The molecule has 0 saturated heterocycles. The molecule has 1 atom stereocenters. The Bertz CT molecular complexity index is 1020. The summed E-state index contributed by atoms with van der Waals surface area (Å²) in [7, 11) is 1.66. The first-order valence-electron chi connectivity index (χ1n) is 9.57. The summed E-state index contributed by atoms with van der Waals surface area (Å²) in [6.07, 6.45) is 3.46. The SMILES string of the molecule is CCOC(=O)c1cnn(C)c1NC(=O)[C@H](CC)Sc1cc(-c2ccccc2)ncn1. The van der Waals surface area contributed by atoms with Crippen LogP contribution in [-0.4, -0.2) is 43.5 Å². The van der Waals surface area contributed by atoms with Gasteiger partial charge in [-0.25, -0.2) is 14.8 Å². The molecular weight excluding hydrogens is 402 g/mol. The molecule has 2 aromatic heterocycles. The minimum absolute atomic E-state index is 0.223. The van der Waals surface area contributed by atoms with Gasteiger partial charge in [-0.2, -0.15) is 5.10 Å². The first-order chi connectivity index (χ1) is 14.5. The van der Waals surface area contributed by atoms with Crippen LogP contribution in [0.2, 0.25) is 0 Å². The molecule has 3 aromatic rings. The number of anilines is 1. The monoisotopic (exact) mass is 425 g/mol. The van der Waals surface area contributed by atoms with Gasteiger partial charge in [0.15, 0.2) is 0 Å². The first-order valence-corrected chi connectivity index (χ1v) is 10.5. The molecule has 0 bridgehead atoms. The average molecular weight is 426 g/mol. The molecule has 8 nitrogen and oxygen atoms in total. The molecule has 0 aliphatic rings. The minimum atomic E-state index is -0.523. The van der Waals surface area contributed by atoms with E-state index in [2.05, 4.69) is 20.4 Å². The zero-order valence-corrected chi connectivity index (χ0v) is 17.8. The van der Waals surface area contributed by atoms with E-state index < -0.39 is 11.2 Å². The standard InChI is InChI=1S/C21H23N5O3S/c1-4-17(20(27)25-19-15(12-24-26(19)3)21(28)29-5-2)30-18-11-16(22-13-23-18)14-9-7-6-8-10-14/h6-13,17H,4-5H2,1-3H3,(H,25,27)/t17-/m0/s1. The topological polar surface area (TPSA) is 99.0 Å². The second-order valence-corrected chi connectivity index (χ2v) is 7.59. The van der Waals surface area contributed by atoms with Crippen LogP contribution in [0.15, 0.2) is 53.9 Å². The molecule has 156 valence electrons. The predicted molar refractivity (Wildman–Crippen MR) is 115 cm³/mol. The summed E-state index contributed by atoms with van der Waals surface area (Å²) in [5.41, 5.74) is 1.99. The van der Waals surface area contributed by atoms with E-state index in [9.17, 15) is 9.59 Å². The molecule has 0 aliphatic carbocycles. The van der Waals surface area contributed by atoms with Crippen LogP contribution in [0, 0.1) is 0 Å². The van der Waals surface area contributed by atoms with Gasteiger partial charge in [-0.3, -0.25) is 9.48 Å². The fraction of sp³-hybridized carbons (Fsp3) is 0.286. The highest BCUT2D eigenvalue weighted by molar-refractivity contribution is 8.00. The zero-order valence-electron chi connectivity index (χ0n) is 17.0. The highest BCUT2D eigenvalue weighted by atomic mass is 32.2. The number of esters is 1. The van der Waals surface area contributed by atoms with Crippen LogP contribution in [0.5, 0.6) is 0 Å². The number of nitrogens with one attached hydrogen (secondary N) is 1. The van der Waals surface area contributed by atoms with Crippen LogP contribution in [0.3, 0.4) is 0 Å². The van der Waals surface area contributed by atoms with Gasteiger partial charge in [0.25, 0.3) is 0 Å². The lowest BCUT2D eigenvalue weighted by Gasteiger charge is -2.15. The van der Waals surface area contributed by atoms with E-state index in [4.69, 9.17) is 4.74 Å². The molecule has 1 aromatic carbocycles. The van der Waals surface area contributed by atoms with Gasteiger partial charge in [0.2, 0.25) is 5.91 Å². The summed E-state index contributed by atoms with van der Waals surface area (Å²) in [4.78, 5) is 33.7. The minimum Gasteiger partial charge on any atom is -0.462 e. The lowest BCUT2D eigenvalue weighted by Crippen LogP contribution is -2.27. The quantitative estimate of drug-likeness (QED) is 0.335. The second-order valence-electron chi connectivity index (χ2n) is 6.36. The number of rotatable bonds is 8. The predicted octanol–water partition coefficient (Wildman–Crippen LogP) is 3.56. The van der Waals surface area contributed by atoms with Crippen LogP contribution < -0.4 is 5.32 Å². The Balaban J connectivity index is 1.75. The van der Waals surface area contributed by atoms with E-state index in [0.29, 0.717) is 17.3 Å². The Kier molecular flexibility index (Phi) is 7.18. The number of aryl methyl sites for hydroxylation is 1.